The van der Waals surface area contributed by atoms with Crippen LogP contribution >= 0.6 is 0 Å². The Kier molecular flexibility index (Phi) is 3.20. The van der Waals surface area contributed by atoms with Crippen molar-refractivity contribution >= 4 is 11.5 Å². The van der Waals surface area contributed by atoms with Crippen LogP contribution < -0.4 is 0 Å². The number of pyridine rings is 1. The van der Waals surface area contributed by atoms with Gasteiger partial charge in [0, 0.05) is 41.9 Å². The first-order valence-electron chi connectivity index (χ1n) is 7.09. The van der Waals surface area contributed by atoms with Gasteiger partial charge in [-0.3, -0.25) is 15.1 Å². The molecule has 0 radical (unpaired) electrons. The van der Waals surface area contributed by atoms with E-state index in [9.17, 15) is 10.1 Å². The van der Waals surface area contributed by atoms with Gasteiger partial charge in [-0.15, -0.1) is 5.10 Å². The van der Waals surface area contributed by atoms with Gasteiger partial charge in [-0.05, 0) is 30.3 Å². The fourth-order valence-corrected chi connectivity index (χ4v) is 2.38. The largest absolute Gasteiger partial charge is 0.269 e. The maximum atomic E-state index is 10.8. The van der Waals surface area contributed by atoms with E-state index in [1.165, 1.54) is 12.1 Å². The number of hydrogen-bond donors (Lipinski definition) is 0. The Morgan fingerprint density at radius 3 is 2.54 bits per heavy atom. The van der Waals surface area contributed by atoms with Gasteiger partial charge in [0.05, 0.1) is 10.6 Å². The van der Waals surface area contributed by atoms with E-state index in [0.717, 1.165) is 16.8 Å². The Bertz CT molecular complexity index is 1030. The quantitative estimate of drug-likeness (QED) is 0.425. The van der Waals surface area contributed by atoms with Crippen molar-refractivity contribution in [1.29, 1.82) is 0 Å². The Labute approximate surface area is 135 Å². The SMILES string of the molecule is O=[N+]([O-])c1ccc(-c2ccnc3nc(-c4cccnc4)nn23)cc1. The van der Waals surface area contributed by atoms with Gasteiger partial charge in [0.2, 0.25) is 0 Å². The smallest absolute Gasteiger partial charge is 0.264 e. The van der Waals surface area contributed by atoms with Gasteiger partial charge in [-0.25, -0.2) is 4.98 Å². The molecule has 116 valence electrons. The minimum atomic E-state index is -0.429. The fraction of sp³-hybridized carbons (Fsp3) is 0. The van der Waals surface area contributed by atoms with Gasteiger partial charge in [-0.1, -0.05) is 0 Å². The lowest BCUT2D eigenvalue weighted by molar-refractivity contribution is -0.384. The van der Waals surface area contributed by atoms with Crippen molar-refractivity contribution in [3.63, 3.8) is 0 Å². The van der Waals surface area contributed by atoms with Crippen molar-refractivity contribution in [3.8, 4) is 22.6 Å². The molecule has 0 spiro atoms. The molecule has 0 N–H and O–H groups in total. The average Bonchev–Trinajstić information content (AvgIpc) is 3.07. The summed E-state index contributed by atoms with van der Waals surface area (Å²) in [5.74, 6) is 0.967. The Morgan fingerprint density at radius 1 is 1.00 bits per heavy atom. The molecule has 0 saturated carbocycles. The summed E-state index contributed by atoms with van der Waals surface area (Å²) in [4.78, 5) is 23.0. The van der Waals surface area contributed by atoms with Crippen molar-refractivity contribution in [2.45, 2.75) is 0 Å². The van der Waals surface area contributed by atoms with E-state index in [-0.39, 0.29) is 5.69 Å². The number of fused-ring (bicyclic) bond motifs is 1. The van der Waals surface area contributed by atoms with Crippen LogP contribution in [0.2, 0.25) is 0 Å². The molecule has 4 aromatic rings. The van der Waals surface area contributed by atoms with Crippen LogP contribution in [-0.4, -0.2) is 29.5 Å². The van der Waals surface area contributed by atoms with Crippen LogP contribution in [0.1, 0.15) is 0 Å². The average molecular weight is 318 g/mol. The third-order valence-electron chi connectivity index (χ3n) is 3.53. The highest BCUT2D eigenvalue weighted by Gasteiger charge is 2.12. The number of nitro benzene ring substituents is 1. The molecular formula is C16H10N6O2. The molecule has 0 unspecified atom stereocenters. The van der Waals surface area contributed by atoms with E-state index >= 15 is 0 Å². The second-order valence-electron chi connectivity index (χ2n) is 5.02. The lowest BCUT2D eigenvalue weighted by atomic mass is 10.1. The van der Waals surface area contributed by atoms with Crippen molar-refractivity contribution < 1.29 is 4.92 Å². The van der Waals surface area contributed by atoms with Crippen LogP contribution in [0.4, 0.5) is 5.69 Å². The van der Waals surface area contributed by atoms with Crippen molar-refractivity contribution in [3.05, 3.63) is 71.2 Å². The predicted molar refractivity (Wildman–Crippen MR) is 86.1 cm³/mol. The minimum absolute atomic E-state index is 0.0405. The first kappa shape index (κ1) is 13.9. The first-order valence-corrected chi connectivity index (χ1v) is 7.09. The van der Waals surface area contributed by atoms with E-state index in [0.29, 0.717) is 11.6 Å². The zero-order chi connectivity index (χ0) is 16.5. The van der Waals surface area contributed by atoms with Crippen LogP contribution in [0.25, 0.3) is 28.4 Å². The molecule has 0 aliphatic rings. The first-order chi connectivity index (χ1) is 11.7. The van der Waals surface area contributed by atoms with E-state index in [2.05, 4.69) is 20.1 Å². The van der Waals surface area contributed by atoms with E-state index < -0.39 is 4.92 Å². The third-order valence-corrected chi connectivity index (χ3v) is 3.53. The van der Waals surface area contributed by atoms with Crippen molar-refractivity contribution in [1.82, 2.24) is 24.6 Å². The molecule has 0 atom stereocenters. The monoisotopic (exact) mass is 318 g/mol. The van der Waals surface area contributed by atoms with Crippen LogP contribution in [0.5, 0.6) is 0 Å². The lowest BCUT2D eigenvalue weighted by Gasteiger charge is -2.03. The predicted octanol–water partition coefficient (Wildman–Crippen LogP) is 2.76. The standard InChI is InChI=1S/C16H10N6O2/c23-22(24)13-5-3-11(4-6-13)14-7-9-18-16-19-15(20-21(14)16)12-2-1-8-17-10-12/h1-10H. The summed E-state index contributed by atoms with van der Waals surface area (Å²) in [6, 6.07) is 11.7. The second-order valence-corrected chi connectivity index (χ2v) is 5.02. The van der Waals surface area contributed by atoms with Crippen LogP contribution in [0.15, 0.2) is 61.1 Å². The molecule has 0 amide bonds. The van der Waals surface area contributed by atoms with Gasteiger partial charge in [0.25, 0.3) is 11.5 Å². The van der Waals surface area contributed by atoms with Gasteiger partial charge in [-0.2, -0.15) is 9.50 Å². The zero-order valence-corrected chi connectivity index (χ0v) is 12.3. The molecule has 8 nitrogen and oxygen atoms in total. The molecule has 0 saturated heterocycles. The maximum Gasteiger partial charge on any atom is 0.269 e. The van der Waals surface area contributed by atoms with Gasteiger partial charge >= 0.3 is 0 Å². The molecular weight excluding hydrogens is 308 g/mol. The van der Waals surface area contributed by atoms with E-state index in [4.69, 9.17) is 0 Å². The highest BCUT2D eigenvalue weighted by molar-refractivity contribution is 5.64. The maximum absolute atomic E-state index is 10.8. The van der Waals surface area contributed by atoms with Crippen molar-refractivity contribution in [2.75, 3.05) is 0 Å². The molecule has 1 aromatic carbocycles. The summed E-state index contributed by atoms with van der Waals surface area (Å²) in [7, 11) is 0. The van der Waals surface area contributed by atoms with Crippen LogP contribution in [-0.2, 0) is 0 Å². The fourth-order valence-electron chi connectivity index (χ4n) is 2.38. The van der Waals surface area contributed by atoms with Gasteiger partial charge in [0.1, 0.15) is 0 Å². The number of nitrogens with zero attached hydrogens (tertiary/aromatic N) is 6. The van der Waals surface area contributed by atoms with Crippen molar-refractivity contribution in [2.24, 2.45) is 0 Å². The molecule has 0 bridgehead atoms. The number of rotatable bonds is 3. The van der Waals surface area contributed by atoms with Crippen LogP contribution in [0.3, 0.4) is 0 Å². The summed E-state index contributed by atoms with van der Waals surface area (Å²) in [5.41, 5.74) is 2.37. The number of non-ortho nitro benzene ring substituents is 1. The Morgan fingerprint density at radius 2 is 1.83 bits per heavy atom. The molecule has 3 aromatic heterocycles. The number of nitro groups is 1. The summed E-state index contributed by atoms with van der Waals surface area (Å²) in [6.45, 7) is 0. The Balaban J connectivity index is 1.84. The molecule has 0 aliphatic carbocycles. The highest BCUT2D eigenvalue weighted by atomic mass is 16.6. The van der Waals surface area contributed by atoms with E-state index in [1.54, 1.807) is 41.3 Å². The van der Waals surface area contributed by atoms with Gasteiger partial charge in [0.15, 0.2) is 5.82 Å². The van der Waals surface area contributed by atoms with Crippen LogP contribution in [0, 0.1) is 10.1 Å². The number of hydrogen-bond acceptors (Lipinski definition) is 6. The molecule has 0 fully saturated rings. The summed E-state index contributed by atoms with van der Waals surface area (Å²) in [6.07, 6.45) is 4.99. The summed E-state index contributed by atoms with van der Waals surface area (Å²) in [5, 5.41) is 15.3. The number of benzene rings is 1. The second kappa shape index (κ2) is 5.51. The topological polar surface area (TPSA) is 99.1 Å². The minimum Gasteiger partial charge on any atom is -0.264 e. The molecule has 0 aliphatic heterocycles. The zero-order valence-electron chi connectivity index (χ0n) is 12.3. The van der Waals surface area contributed by atoms with Gasteiger partial charge < -0.3 is 0 Å². The highest BCUT2D eigenvalue weighted by Crippen LogP contribution is 2.23. The summed E-state index contributed by atoms with van der Waals surface area (Å²) >= 11 is 0. The lowest BCUT2D eigenvalue weighted by Crippen LogP contribution is -1.96. The van der Waals surface area contributed by atoms with E-state index in [1.807, 2.05) is 12.1 Å². The molecule has 4 rings (SSSR count). The molecule has 24 heavy (non-hydrogen) atoms. The summed E-state index contributed by atoms with van der Waals surface area (Å²) < 4.78 is 1.61. The third kappa shape index (κ3) is 2.35. The number of aromatic nitrogens is 5. The molecule has 8 heteroatoms. The Hall–Kier alpha value is -3.68. The molecule has 3 heterocycles. The normalized spacial score (nSPS) is 10.8.